The zero-order valence-electron chi connectivity index (χ0n) is 18.8. The van der Waals surface area contributed by atoms with Crippen LogP contribution in [0.25, 0.3) is 28.2 Å². The largest absolute Gasteiger partial charge is 0.469 e. The molecule has 0 spiro atoms. The fraction of sp³-hybridized carbons (Fsp3) is 0.391. The number of aryl methyl sites for hydroxylation is 3. The minimum absolute atomic E-state index is 0.204. The van der Waals surface area contributed by atoms with Gasteiger partial charge in [-0.1, -0.05) is 36.2 Å². The maximum atomic E-state index is 12.9. The first-order valence-electron chi connectivity index (χ1n) is 10.6. The Morgan fingerprint density at radius 3 is 2.44 bits per heavy atom. The fourth-order valence-corrected chi connectivity index (χ4v) is 4.01. The molecule has 9 heteroatoms. The van der Waals surface area contributed by atoms with Crippen molar-refractivity contribution in [2.45, 2.75) is 39.2 Å². The van der Waals surface area contributed by atoms with E-state index in [0.717, 1.165) is 40.7 Å². The van der Waals surface area contributed by atoms with Gasteiger partial charge in [0.2, 0.25) is 5.78 Å². The van der Waals surface area contributed by atoms with Gasteiger partial charge < -0.3 is 9.30 Å². The highest BCUT2D eigenvalue weighted by atomic mass is 16.5. The highest BCUT2D eigenvalue weighted by Gasteiger charge is 2.20. The minimum atomic E-state index is -0.406. The van der Waals surface area contributed by atoms with E-state index in [1.807, 2.05) is 37.4 Å². The van der Waals surface area contributed by atoms with Crippen LogP contribution in [0.4, 0.5) is 0 Å². The summed E-state index contributed by atoms with van der Waals surface area (Å²) in [7, 11) is 4.49. The lowest BCUT2D eigenvalue weighted by molar-refractivity contribution is -0.140. The summed E-state index contributed by atoms with van der Waals surface area (Å²) in [5.74, 6) is 0.409. The average molecular weight is 438 g/mol. The van der Waals surface area contributed by atoms with Crippen LogP contribution >= 0.6 is 0 Å². The molecule has 0 aliphatic carbocycles. The van der Waals surface area contributed by atoms with E-state index < -0.39 is 5.69 Å². The summed E-state index contributed by atoms with van der Waals surface area (Å²) in [6.07, 6.45) is 4.74. The lowest BCUT2D eigenvalue weighted by Gasteiger charge is -2.09. The van der Waals surface area contributed by atoms with Crippen LogP contribution in [-0.2, 0) is 30.2 Å². The van der Waals surface area contributed by atoms with Gasteiger partial charge in [0, 0.05) is 33.3 Å². The first-order valence-corrected chi connectivity index (χ1v) is 10.6. The quantitative estimate of drug-likeness (QED) is 0.327. The van der Waals surface area contributed by atoms with E-state index in [2.05, 4.69) is 9.55 Å². The Morgan fingerprint density at radius 1 is 1.03 bits per heavy atom. The molecule has 3 aromatic heterocycles. The number of imidazole rings is 2. The molecule has 4 aromatic rings. The molecule has 0 N–H and O–H groups in total. The topological polar surface area (TPSA) is 92.5 Å². The van der Waals surface area contributed by atoms with Crippen molar-refractivity contribution in [2.75, 3.05) is 7.11 Å². The monoisotopic (exact) mass is 437 g/mol. The molecule has 9 nitrogen and oxygen atoms in total. The highest BCUT2D eigenvalue weighted by molar-refractivity contribution is 5.78. The molecule has 3 heterocycles. The lowest BCUT2D eigenvalue weighted by Crippen LogP contribution is -2.37. The van der Waals surface area contributed by atoms with Gasteiger partial charge in [0.05, 0.1) is 12.8 Å². The summed E-state index contributed by atoms with van der Waals surface area (Å²) in [5, 5.41) is 0. The third-order valence-corrected chi connectivity index (χ3v) is 5.89. The minimum Gasteiger partial charge on any atom is -0.469 e. The molecule has 0 atom stereocenters. The summed E-state index contributed by atoms with van der Waals surface area (Å²) in [5.41, 5.74) is 3.08. The first kappa shape index (κ1) is 21.6. The molecule has 0 amide bonds. The van der Waals surface area contributed by atoms with Gasteiger partial charge >= 0.3 is 11.7 Å². The van der Waals surface area contributed by atoms with Crippen LogP contribution in [0.3, 0.4) is 0 Å². The Bertz CT molecular complexity index is 1420. The molecule has 0 aliphatic rings. The van der Waals surface area contributed by atoms with Crippen molar-refractivity contribution >= 4 is 22.9 Å². The Kier molecular flexibility index (Phi) is 5.73. The molecule has 32 heavy (non-hydrogen) atoms. The van der Waals surface area contributed by atoms with E-state index in [4.69, 9.17) is 4.74 Å². The number of methoxy groups -OCH3 is 1. The van der Waals surface area contributed by atoms with E-state index in [-0.39, 0.29) is 11.5 Å². The molecular weight excluding hydrogens is 410 g/mol. The predicted octanol–water partition coefficient (Wildman–Crippen LogP) is 2.40. The zero-order chi connectivity index (χ0) is 23.0. The zero-order valence-corrected chi connectivity index (χ0v) is 18.8. The van der Waals surface area contributed by atoms with Crippen molar-refractivity contribution < 1.29 is 9.53 Å². The molecule has 0 radical (unpaired) electrons. The van der Waals surface area contributed by atoms with Crippen LogP contribution in [0.5, 0.6) is 0 Å². The Hall–Kier alpha value is -3.62. The van der Waals surface area contributed by atoms with Crippen LogP contribution in [0.1, 0.15) is 31.2 Å². The van der Waals surface area contributed by atoms with Gasteiger partial charge in [-0.2, -0.15) is 4.98 Å². The van der Waals surface area contributed by atoms with Crippen molar-refractivity contribution in [2.24, 2.45) is 14.1 Å². The molecule has 0 saturated heterocycles. The first-order chi connectivity index (χ1) is 15.3. The normalized spacial score (nSPS) is 11.5. The molecule has 0 fully saturated rings. The molecule has 0 bridgehead atoms. The molecule has 168 valence electrons. The number of fused-ring (bicyclic) bond motifs is 3. The van der Waals surface area contributed by atoms with Gasteiger partial charge in [0.15, 0.2) is 11.2 Å². The smallest absolute Gasteiger partial charge is 0.332 e. The Morgan fingerprint density at radius 2 is 1.75 bits per heavy atom. The number of carbonyl (C=O) groups is 1. The van der Waals surface area contributed by atoms with Gasteiger partial charge in [-0.3, -0.25) is 23.1 Å². The fourth-order valence-electron chi connectivity index (χ4n) is 4.01. The van der Waals surface area contributed by atoms with Crippen molar-refractivity contribution in [3.05, 3.63) is 56.9 Å². The third kappa shape index (κ3) is 3.63. The number of nitrogens with zero attached hydrogens (tertiary/aromatic N) is 5. The molecule has 4 rings (SSSR count). The van der Waals surface area contributed by atoms with Crippen molar-refractivity contribution in [1.82, 2.24) is 23.1 Å². The summed E-state index contributed by atoms with van der Waals surface area (Å²) in [6, 6.07) is 8.20. The van der Waals surface area contributed by atoms with E-state index in [9.17, 15) is 14.4 Å². The number of ether oxygens (including phenoxy) is 1. The SMILES string of the molecule is COC(=O)CCCCCn1c(-c2ccc(C)cc2)cn2c3c(=O)n(C)c(=O)n(C)c3nc12. The van der Waals surface area contributed by atoms with Crippen molar-refractivity contribution in [3.8, 4) is 11.3 Å². The highest BCUT2D eigenvalue weighted by Crippen LogP contribution is 2.26. The number of carbonyl (C=O) groups excluding carboxylic acids is 1. The number of benzene rings is 1. The summed E-state index contributed by atoms with van der Waals surface area (Å²) in [4.78, 5) is 41.3. The summed E-state index contributed by atoms with van der Waals surface area (Å²) < 4.78 is 11.1. The number of esters is 1. The molecule has 0 saturated carbocycles. The van der Waals surface area contributed by atoms with E-state index in [1.165, 1.54) is 18.7 Å². The predicted molar refractivity (Wildman–Crippen MR) is 122 cm³/mol. The van der Waals surface area contributed by atoms with Gasteiger partial charge in [0.1, 0.15) is 0 Å². The van der Waals surface area contributed by atoms with Gasteiger partial charge in [-0.25, -0.2) is 4.79 Å². The summed E-state index contributed by atoms with van der Waals surface area (Å²) >= 11 is 0. The van der Waals surface area contributed by atoms with Gasteiger partial charge in [-0.05, 0) is 25.3 Å². The number of aromatic nitrogens is 5. The number of hydrogen-bond acceptors (Lipinski definition) is 5. The van der Waals surface area contributed by atoms with Crippen LogP contribution in [0, 0.1) is 6.92 Å². The molecular formula is C23H27N5O4. The van der Waals surface area contributed by atoms with E-state index in [0.29, 0.717) is 29.9 Å². The van der Waals surface area contributed by atoms with Crippen molar-refractivity contribution in [3.63, 3.8) is 0 Å². The third-order valence-electron chi connectivity index (χ3n) is 5.89. The standard InChI is InChI=1S/C23H27N5O4/c1-15-9-11-16(12-10-15)17-14-28-19-20(25(2)23(31)26(3)21(19)30)24-22(28)27(17)13-7-5-6-8-18(29)32-4/h9-12,14H,5-8,13H2,1-4H3. The second-order valence-corrected chi connectivity index (χ2v) is 8.08. The Labute approximate surface area is 184 Å². The summed E-state index contributed by atoms with van der Waals surface area (Å²) in [6.45, 7) is 2.70. The maximum Gasteiger partial charge on any atom is 0.332 e. The second-order valence-electron chi connectivity index (χ2n) is 8.08. The molecule has 0 aliphatic heterocycles. The maximum absolute atomic E-state index is 12.9. The number of rotatable bonds is 7. The van der Waals surface area contributed by atoms with Crippen LogP contribution in [-0.4, -0.2) is 36.2 Å². The lowest BCUT2D eigenvalue weighted by atomic mass is 10.1. The van der Waals surface area contributed by atoms with Crippen LogP contribution in [0.2, 0.25) is 0 Å². The number of unbranched alkanes of at least 4 members (excludes halogenated alkanes) is 2. The van der Waals surface area contributed by atoms with Gasteiger partial charge in [0.25, 0.3) is 5.56 Å². The van der Waals surface area contributed by atoms with E-state index in [1.54, 1.807) is 11.4 Å². The Balaban J connectivity index is 1.81. The van der Waals surface area contributed by atoms with E-state index >= 15 is 0 Å². The molecule has 1 aromatic carbocycles. The second kappa shape index (κ2) is 8.49. The van der Waals surface area contributed by atoms with Crippen LogP contribution < -0.4 is 11.2 Å². The van der Waals surface area contributed by atoms with Crippen molar-refractivity contribution in [1.29, 1.82) is 0 Å². The average Bonchev–Trinajstić information content (AvgIpc) is 3.33. The molecule has 0 unspecified atom stereocenters. The number of hydrogen-bond donors (Lipinski definition) is 0. The van der Waals surface area contributed by atoms with Crippen LogP contribution in [0.15, 0.2) is 40.1 Å². The van der Waals surface area contributed by atoms with Gasteiger partial charge in [-0.15, -0.1) is 0 Å².